The van der Waals surface area contributed by atoms with Crippen LogP contribution in [0.1, 0.15) is 37.5 Å². The Labute approximate surface area is 240 Å². The van der Waals surface area contributed by atoms with Crippen LogP contribution in [-0.4, -0.2) is 71.8 Å². The van der Waals surface area contributed by atoms with Crippen LogP contribution in [0, 0.1) is 17.8 Å². The van der Waals surface area contributed by atoms with E-state index < -0.39 is 30.1 Å². The molecule has 6 atom stereocenters. The molecule has 2 saturated heterocycles. The van der Waals surface area contributed by atoms with Crippen molar-refractivity contribution in [3.05, 3.63) is 83.4 Å². The molecule has 3 amide bonds. The molecule has 4 aliphatic rings. The average molecular weight is 557 g/mol. The molecule has 0 bridgehead atoms. The van der Waals surface area contributed by atoms with E-state index in [1.165, 1.54) is 10.5 Å². The Morgan fingerprint density at radius 3 is 2.39 bits per heavy atom. The van der Waals surface area contributed by atoms with E-state index in [1.807, 2.05) is 59.5 Å². The fourth-order valence-corrected chi connectivity index (χ4v) is 6.59. The summed E-state index contributed by atoms with van der Waals surface area (Å²) < 4.78 is 5.12. The van der Waals surface area contributed by atoms with Gasteiger partial charge in [-0.05, 0) is 16.5 Å². The molecule has 4 aliphatic heterocycles. The Kier molecular flexibility index (Phi) is 7.03. The average Bonchev–Trinajstić information content (AvgIpc) is 3.61. The zero-order chi connectivity index (χ0) is 28.9. The Balaban J connectivity index is 1.31. The predicted molar refractivity (Wildman–Crippen MR) is 152 cm³/mol. The van der Waals surface area contributed by atoms with Crippen molar-refractivity contribution in [1.29, 1.82) is 0 Å². The molecule has 0 aliphatic carbocycles. The molecule has 214 valence electrons. The highest BCUT2D eigenvalue weighted by atomic mass is 16.7. The maximum atomic E-state index is 13.9. The number of methoxy groups -OCH3 is 1. The van der Waals surface area contributed by atoms with Crippen LogP contribution in [0.15, 0.2) is 71.9 Å². The van der Waals surface area contributed by atoms with Gasteiger partial charge in [0.15, 0.2) is 6.23 Å². The second kappa shape index (κ2) is 10.5. The molecule has 1 unspecified atom stereocenters. The van der Waals surface area contributed by atoms with Crippen molar-refractivity contribution in [2.24, 2.45) is 22.9 Å². The molecule has 9 heteroatoms. The van der Waals surface area contributed by atoms with Gasteiger partial charge in [-0.2, -0.15) is 0 Å². The predicted octanol–water partition coefficient (Wildman–Crippen LogP) is 2.85. The number of ether oxygens (including phenoxy) is 1. The molecule has 2 fully saturated rings. The van der Waals surface area contributed by atoms with Gasteiger partial charge in [0.2, 0.25) is 17.7 Å². The third kappa shape index (κ3) is 4.67. The van der Waals surface area contributed by atoms with Crippen LogP contribution < -0.4 is 5.32 Å². The van der Waals surface area contributed by atoms with E-state index in [1.54, 1.807) is 7.11 Å². The van der Waals surface area contributed by atoms with Gasteiger partial charge in [-0.1, -0.05) is 92.7 Å². The van der Waals surface area contributed by atoms with Gasteiger partial charge in [0.1, 0.15) is 6.04 Å². The number of carbonyl (C=O) groups excluding carboxylic acids is 3. The molecule has 2 aromatic rings. The maximum absolute atomic E-state index is 13.9. The highest BCUT2D eigenvalue weighted by Crippen LogP contribution is 2.49. The summed E-state index contributed by atoms with van der Waals surface area (Å²) >= 11 is 0. The summed E-state index contributed by atoms with van der Waals surface area (Å²) in [6, 6.07) is 16.4. The van der Waals surface area contributed by atoms with Crippen molar-refractivity contribution in [2.75, 3.05) is 20.3 Å². The van der Waals surface area contributed by atoms with Gasteiger partial charge in [-0.3, -0.25) is 19.3 Å². The smallest absolute Gasteiger partial charge is 0.238 e. The first kappa shape index (κ1) is 27.4. The van der Waals surface area contributed by atoms with E-state index >= 15 is 0 Å². The number of hydrogen-bond acceptors (Lipinski definition) is 7. The first-order chi connectivity index (χ1) is 19.7. The molecule has 1 N–H and O–H groups in total. The van der Waals surface area contributed by atoms with Crippen molar-refractivity contribution < 1.29 is 24.0 Å². The second-order valence-electron chi connectivity index (χ2n) is 12.2. The first-order valence-electron chi connectivity index (χ1n) is 14.2. The second-order valence-corrected chi connectivity index (χ2v) is 12.2. The number of oxime groups is 1. The summed E-state index contributed by atoms with van der Waals surface area (Å²) in [6.45, 7) is 7.32. The van der Waals surface area contributed by atoms with Crippen molar-refractivity contribution in [1.82, 2.24) is 15.1 Å². The molecule has 9 nitrogen and oxygen atoms in total. The number of nitrogens with zero attached hydrogens (tertiary/aromatic N) is 3. The first-order valence-corrected chi connectivity index (χ1v) is 14.2. The number of nitrogens with one attached hydrogen (secondary N) is 1. The third-order valence-electron chi connectivity index (χ3n) is 8.66. The molecule has 4 heterocycles. The lowest BCUT2D eigenvalue weighted by Crippen LogP contribution is -2.57. The third-order valence-corrected chi connectivity index (χ3v) is 8.66. The fourth-order valence-electron chi connectivity index (χ4n) is 6.59. The summed E-state index contributed by atoms with van der Waals surface area (Å²) in [5, 5.41) is 7.38. The Morgan fingerprint density at radius 2 is 1.71 bits per heavy atom. The van der Waals surface area contributed by atoms with Gasteiger partial charge >= 0.3 is 0 Å². The monoisotopic (exact) mass is 556 g/mol. The normalized spacial score (nSPS) is 28.7. The number of hydrogen-bond donors (Lipinski definition) is 1. The minimum atomic E-state index is -0.880. The molecular formula is C32H36N4O5. The van der Waals surface area contributed by atoms with Crippen LogP contribution in [-0.2, 0) is 35.9 Å². The van der Waals surface area contributed by atoms with Crippen LogP contribution in [0.5, 0.6) is 0 Å². The Morgan fingerprint density at radius 1 is 1.00 bits per heavy atom. The molecule has 6 rings (SSSR count). The number of rotatable bonds is 7. The molecule has 0 radical (unpaired) electrons. The van der Waals surface area contributed by atoms with Gasteiger partial charge in [0.25, 0.3) is 0 Å². The molecule has 0 spiro atoms. The van der Waals surface area contributed by atoms with Gasteiger partial charge < -0.3 is 14.9 Å². The molecule has 0 saturated carbocycles. The fraction of sp³-hybridized carbons (Fsp3) is 0.438. The zero-order valence-corrected chi connectivity index (χ0v) is 23.8. The summed E-state index contributed by atoms with van der Waals surface area (Å²) in [6.07, 6.45) is 3.38. The number of benzene rings is 2. The molecule has 2 aromatic carbocycles. The van der Waals surface area contributed by atoms with Crippen LogP contribution >= 0.6 is 0 Å². The highest BCUT2D eigenvalue weighted by Gasteiger charge is 2.66. The van der Waals surface area contributed by atoms with Gasteiger partial charge in [-0.15, -0.1) is 0 Å². The minimum absolute atomic E-state index is 0.0250. The quantitative estimate of drug-likeness (QED) is 0.320. The summed E-state index contributed by atoms with van der Waals surface area (Å²) in [7, 11) is 1.56. The summed E-state index contributed by atoms with van der Waals surface area (Å²) in [4.78, 5) is 50.6. The molecule has 0 aromatic heterocycles. The Bertz CT molecular complexity index is 1400. The number of carbonyl (C=O) groups is 3. The van der Waals surface area contributed by atoms with Crippen molar-refractivity contribution in [2.45, 2.75) is 51.0 Å². The van der Waals surface area contributed by atoms with Crippen molar-refractivity contribution >= 4 is 23.4 Å². The number of likely N-dealkylation sites (tertiary alicyclic amines) is 1. The van der Waals surface area contributed by atoms with E-state index in [0.29, 0.717) is 13.2 Å². The SMILES string of the molecule is COCCNC(=O)[C@@H]1[C@H]2C(=O)N(Cc3ccccc3)C(=O)[C@H]2C2C=C[C@@H]3C(c4ccc(C(C)(C)C)cc4)=NO[C@@H]3N21. The summed E-state index contributed by atoms with van der Waals surface area (Å²) in [5.74, 6) is -2.65. The van der Waals surface area contributed by atoms with E-state index in [4.69, 9.17) is 9.57 Å². The van der Waals surface area contributed by atoms with Crippen LogP contribution in [0.25, 0.3) is 0 Å². The summed E-state index contributed by atoms with van der Waals surface area (Å²) in [5.41, 5.74) is 3.81. The van der Waals surface area contributed by atoms with Gasteiger partial charge in [0.05, 0.1) is 36.6 Å². The molecule has 41 heavy (non-hydrogen) atoms. The lowest BCUT2D eigenvalue weighted by Gasteiger charge is -2.38. The standard InChI is InChI=1S/C32H36N4O5/c1-32(2,3)21-12-10-20(11-13-21)26-22-14-15-23-24-25(30(39)35(29(24)38)18-19-8-6-5-7-9-19)27(28(37)33-16-17-40-4)36(23)31(22)41-34-26/h5-15,22-25,27,31H,16-18H2,1-4H3,(H,33,37)/t22-,23?,24+,25+,27+,31+/m1/s1. The van der Waals surface area contributed by atoms with Gasteiger partial charge in [-0.25, -0.2) is 4.90 Å². The number of amides is 3. The van der Waals surface area contributed by atoms with Crippen LogP contribution in [0.2, 0.25) is 0 Å². The topological polar surface area (TPSA) is 101 Å². The van der Waals surface area contributed by atoms with Crippen LogP contribution in [0.3, 0.4) is 0 Å². The van der Waals surface area contributed by atoms with Gasteiger partial charge in [0, 0.05) is 25.3 Å². The molecular weight excluding hydrogens is 520 g/mol. The minimum Gasteiger partial charge on any atom is -0.383 e. The number of fused-ring (bicyclic) bond motifs is 5. The lowest BCUT2D eigenvalue weighted by atomic mass is 9.84. The number of imide groups is 1. The largest absolute Gasteiger partial charge is 0.383 e. The van der Waals surface area contributed by atoms with E-state index in [0.717, 1.165) is 16.8 Å². The highest BCUT2D eigenvalue weighted by molar-refractivity contribution is 6.09. The van der Waals surface area contributed by atoms with Crippen molar-refractivity contribution in [3.8, 4) is 0 Å². The van der Waals surface area contributed by atoms with E-state index in [9.17, 15) is 14.4 Å². The Hall–Kier alpha value is -3.82. The van der Waals surface area contributed by atoms with Crippen LogP contribution in [0.4, 0.5) is 0 Å². The maximum Gasteiger partial charge on any atom is 0.238 e. The zero-order valence-electron chi connectivity index (χ0n) is 23.8. The van der Waals surface area contributed by atoms with E-state index in [-0.39, 0.29) is 35.6 Å². The van der Waals surface area contributed by atoms with E-state index in [2.05, 4.69) is 43.4 Å². The lowest BCUT2D eigenvalue weighted by molar-refractivity contribution is -0.149. The van der Waals surface area contributed by atoms with Crippen molar-refractivity contribution in [3.63, 3.8) is 0 Å².